The van der Waals surface area contributed by atoms with Crippen LogP contribution in [0, 0.1) is 6.92 Å². The number of hydrogen-bond acceptors (Lipinski definition) is 2. The van der Waals surface area contributed by atoms with Crippen molar-refractivity contribution in [2.24, 2.45) is 0 Å². The van der Waals surface area contributed by atoms with Gasteiger partial charge < -0.3 is 4.98 Å². The molecule has 0 aliphatic heterocycles. The van der Waals surface area contributed by atoms with E-state index in [2.05, 4.69) is 40.1 Å². The van der Waals surface area contributed by atoms with E-state index in [9.17, 15) is 0 Å². The lowest BCUT2D eigenvalue weighted by molar-refractivity contribution is 1.06. The molecule has 3 heteroatoms. The Hall–Kier alpha value is -2.16. The van der Waals surface area contributed by atoms with Crippen molar-refractivity contribution in [3.05, 3.63) is 59.9 Å². The van der Waals surface area contributed by atoms with Gasteiger partial charge in [0.25, 0.3) is 0 Å². The van der Waals surface area contributed by atoms with Crippen LogP contribution in [-0.4, -0.2) is 15.0 Å². The number of benzene rings is 1. The van der Waals surface area contributed by atoms with Crippen LogP contribution in [0.3, 0.4) is 0 Å². The first-order chi connectivity index (χ1) is 8.34. The predicted molar refractivity (Wildman–Crippen MR) is 67.9 cm³/mol. The summed E-state index contributed by atoms with van der Waals surface area (Å²) in [5.41, 5.74) is 3.47. The average Bonchev–Trinajstić information content (AvgIpc) is 2.86. The SMILES string of the molecule is Cc1ncc2ccccc2c1Cc1cnc[nH]1. The highest BCUT2D eigenvalue weighted by Gasteiger charge is 2.07. The van der Waals surface area contributed by atoms with Gasteiger partial charge in [-0.2, -0.15) is 0 Å². The number of aryl methyl sites for hydroxylation is 1. The number of aromatic amines is 1. The molecule has 0 atom stereocenters. The first-order valence-corrected chi connectivity index (χ1v) is 5.65. The molecule has 0 saturated heterocycles. The van der Waals surface area contributed by atoms with E-state index in [0.717, 1.165) is 17.8 Å². The minimum Gasteiger partial charge on any atom is -0.348 e. The molecule has 0 saturated carbocycles. The summed E-state index contributed by atoms with van der Waals surface area (Å²) in [4.78, 5) is 11.6. The summed E-state index contributed by atoms with van der Waals surface area (Å²) >= 11 is 0. The molecule has 3 nitrogen and oxygen atoms in total. The zero-order chi connectivity index (χ0) is 11.7. The molecular weight excluding hydrogens is 210 g/mol. The molecule has 0 fully saturated rings. The van der Waals surface area contributed by atoms with Gasteiger partial charge in [-0.3, -0.25) is 4.98 Å². The van der Waals surface area contributed by atoms with Crippen LogP contribution in [0.2, 0.25) is 0 Å². The second-order valence-electron chi connectivity index (χ2n) is 4.16. The van der Waals surface area contributed by atoms with E-state index in [1.165, 1.54) is 16.3 Å². The second kappa shape index (κ2) is 4.01. The van der Waals surface area contributed by atoms with E-state index in [4.69, 9.17) is 0 Å². The van der Waals surface area contributed by atoms with Crippen LogP contribution in [0.1, 0.15) is 17.0 Å². The lowest BCUT2D eigenvalue weighted by atomic mass is 10.0. The van der Waals surface area contributed by atoms with Crippen molar-refractivity contribution in [1.82, 2.24) is 15.0 Å². The van der Waals surface area contributed by atoms with Crippen molar-refractivity contribution in [1.29, 1.82) is 0 Å². The van der Waals surface area contributed by atoms with Crippen molar-refractivity contribution >= 4 is 10.8 Å². The highest BCUT2D eigenvalue weighted by Crippen LogP contribution is 2.22. The minimum absolute atomic E-state index is 0.847. The Morgan fingerprint density at radius 2 is 2.06 bits per heavy atom. The van der Waals surface area contributed by atoms with Crippen molar-refractivity contribution in [3.8, 4) is 0 Å². The maximum absolute atomic E-state index is 4.45. The van der Waals surface area contributed by atoms with Crippen LogP contribution in [0.25, 0.3) is 10.8 Å². The van der Waals surface area contributed by atoms with Crippen molar-refractivity contribution in [3.63, 3.8) is 0 Å². The molecule has 0 radical (unpaired) electrons. The Morgan fingerprint density at radius 1 is 1.18 bits per heavy atom. The average molecular weight is 223 g/mol. The number of pyridine rings is 1. The van der Waals surface area contributed by atoms with Gasteiger partial charge in [0, 0.05) is 35.6 Å². The zero-order valence-electron chi connectivity index (χ0n) is 9.64. The van der Waals surface area contributed by atoms with Crippen LogP contribution < -0.4 is 0 Å². The van der Waals surface area contributed by atoms with Gasteiger partial charge in [-0.15, -0.1) is 0 Å². The van der Waals surface area contributed by atoms with Gasteiger partial charge in [-0.1, -0.05) is 24.3 Å². The first-order valence-electron chi connectivity index (χ1n) is 5.65. The Balaban J connectivity index is 2.17. The lowest BCUT2D eigenvalue weighted by Gasteiger charge is -2.08. The molecule has 17 heavy (non-hydrogen) atoms. The van der Waals surface area contributed by atoms with Crippen LogP contribution in [0.4, 0.5) is 0 Å². The predicted octanol–water partition coefficient (Wildman–Crippen LogP) is 2.86. The smallest absolute Gasteiger partial charge is 0.0921 e. The van der Waals surface area contributed by atoms with E-state index < -0.39 is 0 Å². The Morgan fingerprint density at radius 3 is 2.88 bits per heavy atom. The first kappa shape index (κ1) is 10.0. The van der Waals surface area contributed by atoms with Crippen LogP contribution in [-0.2, 0) is 6.42 Å². The van der Waals surface area contributed by atoms with E-state index in [1.54, 1.807) is 6.33 Å². The molecule has 0 unspecified atom stereocenters. The highest BCUT2D eigenvalue weighted by atomic mass is 14.9. The molecule has 0 aliphatic carbocycles. The van der Waals surface area contributed by atoms with Crippen LogP contribution >= 0.6 is 0 Å². The lowest BCUT2D eigenvalue weighted by Crippen LogP contribution is -1.96. The van der Waals surface area contributed by atoms with Crippen molar-refractivity contribution in [2.75, 3.05) is 0 Å². The number of imidazole rings is 1. The fourth-order valence-electron chi connectivity index (χ4n) is 2.12. The number of H-pyrrole nitrogens is 1. The number of nitrogens with zero attached hydrogens (tertiary/aromatic N) is 2. The highest BCUT2D eigenvalue weighted by molar-refractivity contribution is 5.85. The number of fused-ring (bicyclic) bond motifs is 1. The van der Waals surface area contributed by atoms with Crippen molar-refractivity contribution < 1.29 is 0 Å². The van der Waals surface area contributed by atoms with Crippen LogP contribution in [0.15, 0.2) is 43.0 Å². The van der Waals surface area contributed by atoms with Gasteiger partial charge in [-0.25, -0.2) is 4.98 Å². The largest absolute Gasteiger partial charge is 0.348 e. The normalized spacial score (nSPS) is 10.9. The molecule has 0 aliphatic rings. The molecule has 0 bridgehead atoms. The molecule has 3 aromatic rings. The number of hydrogen-bond donors (Lipinski definition) is 1. The monoisotopic (exact) mass is 223 g/mol. The Bertz CT molecular complexity index is 642. The fraction of sp³-hybridized carbons (Fsp3) is 0.143. The molecule has 2 aromatic heterocycles. The number of aromatic nitrogens is 3. The molecule has 1 N–H and O–H groups in total. The van der Waals surface area contributed by atoms with Crippen LogP contribution in [0.5, 0.6) is 0 Å². The molecule has 84 valence electrons. The number of nitrogens with one attached hydrogen (secondary N) is 1. The second-order valence-corrected chi connectivity index (χ2v) is 4.16. The van der Waals surface area contributed by atoms with E-state index in [-0.39, 0.29) is 0 Å². The van der Waals surface area contributed by atoms with Gasteiger partial charge in [0.15, 0.2) is 0 Å². The van der Waals surface area contributed by atoms with Gasteiger partial charge in [0.2, 0.25) is 0 Å². The third kappa shape index (κ3) is 1.80. The Labute approximate surface area is 99.5 Å². The van der Waals surface area contributed by atoms with Gasteiger partial charge in [0.05, 0.1) is 6.33 Å². The third-order valence-electron chi connectivity index (χ3n) is 3.04. The molecule has 0 amide bonds. The maximum atomic E-state index is 4.45. The summed E-state index contributed by atoms with van der Waals surface area (Å²) in [6.07, 6.45) is 6.35. The van der Waals surface area contributed by atoms with Gasteiger partial charge >= 0.3 is 0 Å². The zero-order valence-corrected chi connectivity index (χ0v) is 9.64. The molecule has 1 aromatic carbocycles. The van der Waals surface area contributed by atoms with Gasteiger partial charge in [0.1, 0.15) is 0 Å². The summed E-state index contributed by atoms with van der Waals surface area (Å²) in [5.74, 6) is 0. The quantitative estimate of drug-likeness (QED) is 0.725. The van der Waals surface area contributed by atoms with E-state index in [0.29, 0.717) is 0 Å². The van der Waals surface area contributed by atoms with Crippen molar-refractivity contribution in [2.45, 2.75) is 13.3 Å². The fourth-order valence-corrected chi connectivity index (χ4v) is 2.12. The number of rotatable bonds is 2. The van der Waals surface area contributed by atoms with E-state index in [1.807, 2.05) is 18.5 Å². The molecule has 3 rings (SSSR count). The van der Waals surface area contributed by atoms with E-state index >= 15 is 0 Å². The summed E-state index contributed by atoms with van der Waals surface area (Å²) in [5, 5.41) is 2.46. The topological polar surface area (TPSA) is 41.6 Å². The summed E-state index contributed by atoms with van der Waals surface area (Å²) < 4.78 is 0. The molecule has 2 heterocycles. The molecular formula is C14H13N3. The summed E-state index contributed by atoms with van der Waals surface area (Å²) in [6, 6.07) is 8.35. The third-order valence-corrected chi connectivity index (χ3v) is 3.04. The summed E-state index contributed by atoms with van der Waals surface area (Å²) in [7, 11) is 0. The van der Waals surface area contributed by atoms with Gasteiger partial charge in [-0.05, 0) is 17.9 Å². The maximum Gasteiger partial charge on any atom is 0.0921 e. The Kier molecular flexibility index (Phi) is 2.37. The summed E-state index contributed by atoms with van der Waals surface area (Å²) in [6.45, 7) is 2.05. The molecule has 0 spiro atoms. The standard InChI is InChI=1S/C14H13N3/c1-10-14(6-12-8-15-9-17-12)13-5-3-2-4-11(13)7-16-10/h2-5,7-9H,6H2,1H3,(H,15,17). The minimum atomic E-state index is 0.847.